The minimum atomic E-state index is -0.878. The smallest absolute Gasteiger partial charge is 0.335 e. The van der Waals surface area contributed by atoms with Gasteiger partial charge in [0.25, 0.3) is 0 Å². The normalized spacial score (nSPS) is 14.7. The van der Waals surface area contributed by atoms with Gasteiger partial charge in [-0.3, -0.25) is 0 Å². The first-order valence-electron chi connectivity index (χ1n) is 6.35. The van der Waals surface area contributed by atoms with Crippen LogP contribution in [0.4, 0.5) is 5.69 Å². The topological polar surface area (TPSA) is 49.8 Å². The van der Waals surface area contributed by atoms with Gasteiger partial charge in [-0.05, 0) is 30.7 Å². The Morgan fingerprint density at radius 3 is 2.39 bits per heavy atom. The first-order chi connectivity index (χ1) is 8.68. The van der Waals surface area contributed by atoms with E-state index in [0.717, 1.165) is 37.6 Å². The molecule has 100 valence electrons. The van der Waals surface area contributed by atoms with Crippen molar-refractivity contribution < 1.29 is 14.6 Å². The summed E-state index contributed by atoms with van der Waals surface area (Å²) in [5.41, 5.74) is 2.45. The molecule has 0 unspecified atom stereocenters. The van der Waals surface area contributed by atoms with Crippen molar-refractivity contribution in [3.63, 3.8) is 0 Å². The van der Waals surface area contributed by atoms with Gasteiger partial charge in [-0.1, -0.05) is 13.8 Å². The lowest BCUT2D eigenvalue weighted by molar-refractivity contribution is 0.0696. The van der Waals surface area contributed by atoms with Gasteiger partial charge in [0.1, 0.15) is 0 Å². The van der Waals surface area contributed by atoms with Gasteiger partial charge < -0.3 is 14.7 Å². The Bertz CT molecular complexity index is 398. The number of benzene rings is 1. The van der Waals surface area contributed by atoms with E-state index in [1.165, 1.54) is 0 Å². The van der Waals surface area contributed by atoms with Crippen LogP contribution in [0.2, 0.25) is 0 Å². The molecule has 1 saturated heterocycles. The number of anilines is 1. The van der Waals surface area contributed by atoms with Gasteiger partial charge in [0.05, 0.1) is 18.8 Å². The Morgan fingerprint density at radius 1 is 1.28 bits per heavy atom. The average Bonchev–Trinajstić information content (AvgIpc) is 2.42. The van der Waals surface area contributed by atoms with Crippen molar-refractivity contribution in [1.29, 1.82) is 0 Å². The Kier molecular flexibility index (Phi) is 5.65. The molecule has 4 heteroatoms. The van der Waals surface area contributed by atoms with E-state index in [-0.39, 0.29) is 0 Å². The summed E-state index contributed by atoms with van der Waals surface area (Å²) in [6.07, 6.45) is 0. The number of aromatic carboxylic acids is 1. The molecule has 0 aromatic heterocycles. The number of hydrogen-bond donors (Lipinski definition) is 1. The van der Waals surface area contributed by atoms with Crippen LogP contribution in [0.25, 0.3) is 0 Å². The minimum Gasteiger partial charge on any atom is -0.478 e. The molecule has 4 nitrogen and oxygen atoms in total. The van der Waals surface area contributed by atoms with Crippen LogP contribution in [0, 0.1) is 6.92 Å². The number of carboxylic acid groups (broad SMARTS) is 1. The largest absolute Gasteiger partial charge is 0.478 e. The maximum absolute atomic E-state index is 10.8. The van der Waals surface area contributed by atoms with Gasteiger partial charge in [0, 0.05) is 18.8 Å². The van der Waals surface area contributed by atoms with Gasteiger partial charge in [-0.25, -0.2) is 4.79 Å². The average molecular weight is 251 g/mol. The van der Waals surface area contributed by atoms with Crippen LogP contribution in [-0.4, -0.2) is 37.4 Å². The second-order valence-electron chi connectivity index (χ2n) is 3.91. The van der Waals surface area contributed by atoms with Gasteiger partial charge in [0.2, 0.25) is 0 Å². The Morgan fingerprint density at radius 2 is 1.89 bits per heavy atom. The highest BCUT2D eigenvalue weighted by atomic mass is 16.5. The van der Waals surface area contributed by atoms with Crippen LogP contribution in [0.5, 0.6) is 0 Å². The molecule has 1 aromatic carbocycles. The highest BCUT2D eigenvalue weighted by molar-refractivity contribution is 5.88. The highest BCUT2D eigenvalue weighted by Gasteiger charge is 2.14. The van der Waals surface area contributed by atoms with Crippen LogP contribution in [-0.2, 0) is 4.74 Å². The third-order valence-corrected chi connectivity index (χ3v) is 2.80. The molecule has 1 heterocycles. The molecule has 0 amide bonds. The Labute approximate surface area is 108 Å². The molecular weight excluding hydrogens is 230 g/mol. The van der Waals surface area contributed by atoms with Crippen LogP contribution < -0.4 is 4.90 Å². The maximum atomic E-state index is 10.8. The molecule has 0 atom stereocenters. The first-order valence-corrected chi connectivity index (χ1v) is 6.35. The number of aryl methyl sites for hydroxylation is 1. The second kappa shape index (κ2) is 7.01. The second-order valence-corrected chi connectivity index (χ2v) is 3.91. The van der Waals surface area contributed by atoms with Crippen LogP contribution in [0.3, 0.4) is 0 Å². The van der Waals surface area contributed by atoms with E-state index in [1.807, 2.05) is 26.8 Å². The standard InChI is InChI=1S/C12H15NO3.C2H6/c1-9-8-10(12(14)15)2-3-11(9)13-4-6-16-7-5-13;1-2/h2-3,8H,4-7H2,1H3,(H,14,15);1-2H3. The molecule has 2 rings (SSSR count). The van der Waals surface area contributed by atoms with E-state index in [9.17, 15) is 4.79 Å². The number of carboxylic acids is 1. The fourth-order valence-corrected chi connectivity index (χ4v) is 1.95. The van der Waals surface area contributed by atoms with Crippen molar-refractivity contribution >= 4 is 11.7 Å². The zero-order valence-corrected chi connectivity index (χ0v) is 11.3. The number of nitrogens with zero attached hydrogens (tertiary/aromatic N) is 1. The Balaban J connectivity index is 0.000000771. The molecule has 0 radical (unpaired) electrons. The number of hydrogen-bond acceptors (Lipinski definition) is 3. The summed E-state index contributed by atoms with van der Waals surface area (Å²) >= 11 is 0. The van der Waals surface area contributed by atoms with E-state index in [4.69, 9.17) is 9.84 Å². The molecule has 0 bridgehead atoms. The summed E-state index contributed by atoms with van der Waals surface area (Å²) in [6.45, 7) is 9.15. The van der Waals surface area contributed by atoms with Crippen molar-refractivity contribution in [2.75, 3.05) is 31.2 Å². The van der Waals surface area contributed by atoms with Crippen molar-refractivity contribution in [3.8, 4) is 0 Å². The van der Waals surface area contributed by atoms with Crippen molar-refractivity contribution in [3.05, 3.63) is 29.3 Å². The molecule has 0 aliphatic carbocycles. The maximum Gasteiger partial charge on any atom is 0.335 e. The van der Waals surface area contributed by atoms with Gasteiger partial charge in [-0.2, -0.15) is 0 Å². The summed E-state index contributed by atoms with van der Waals surface area (Å²) in [5, 5.41) is 8.88. The van der Waals surface area contributed by atoms with E-state index in [2.05, 4.69) is 4.90 Å². The molecule has 0 saturated carbocycles. The number of ether oxygens (including phenoxy) is 1. The lowest BCUT2D eigenvalue weighted by Crippen LogP contribution is -2.36. The molecule has 1 aliphatic heterocycles. The summed E-state index contributed by atoms with van der Waals surface area (Å²) < 4.78 is 5.29. The monoisotopic (exact) mass is 251 g/mol. The van der Waals surface area contributed by atoms with E-state index < -0.39 is 5.97 Å². The summed E-state index contributed by atoms with van der Waals surface area (Å²) in [7, 11) is 0. The SMILES string of the molecule is CC.Cc1cc(C(=O)O)ccc1N1CCOCC1. The van der Waals surface area contributed by atoms with Crippen molar-refractivity contribution in [2.45, 2.75) is 20.8 Å². The van der Waals surface area contributed by atoms with Crippen molar-refractivity contribution in [2.24, 2.45) is 0 Å². The highest BCUT2D eigenvalue weighted by Crippen LogP contribution is 2.22. The zero-order valence-electron chi connectivity index (χ0n) is 11.3. The molecular formula is C14H21NO3. The van der Waals surface area contributed by atoms with E-state index >= 15 is 0 Å². The molecule has 1 N–H and O–H groups in total. The number of carbonyl (C=O) groups is 1. The van der Waals surface area contributed by atoms with Crippen LogP contribution >= 0.6 is 0 Å². The third kappa shape index (κ3) is 3.47. The van der Waals surface area contributed by atoms with Gasteiger partial charge in [-0.15, -0.1) is 0 Å². The minimum absolute atomic E-state index is 0.342. The first kappa shape index (κ1) is 14.5. The van der Waals surface area contributed by atoms with E-state index in [1.54, 1.807) is 12.1 Å². The van der Waals surface area contributed by atoms with Crippen molar-refractivity contribution in [1.82, 2.24) is 0 Å². The lowest BCUT2D eigenvalue weighted by atomic mass is 10.1. The lowest BCUT2D eigenvalue weighted by Gasteiger charge is -2.30. The fourth-order valence-electron chi connectivity index (χ4n) is 1.95. The van der Waals surface area contributed by atoms with Crippen LogP contribution in [0.1, 0.15) is 29.8 Å². The zero-order chi connectivity index (χ0) is 13.5. The van der Waals surface area contributed by atoms with E-state index in [0.29, 0.717) is 5.56 Å². The number of morpholine rings is 1. The summed E-state index contributed by atoms with van der Waals surface area (Å²) in [5.74, 6) is -0.878. The predicted octanol–water partition coefficient (Wildman–Crippen LogP) is 2.56. The fraction of sp³-hybridized carbons (Fsp3) is 0.500. The Hall–Kier alpha value is -1.55. The molecule has 18 heavy (non-hydrogen) atoms. The quantitative estimate of drug-likeness (QED) is 0.877. The summed E-state index contributed by atoms with van der Waals surface area (Å²) in [6, 6.07) is 5.25. The predicted molar refractivity (Wildman–Crippen MR) is 72.5 cm³/mol. The number of rotatable bonds is 2. The summed E-state index contributed by atoms with van der Waals surface area (Å²) in [4.78, 5) is 13.0. The van der Waals surface area contributed by atoms with Gasteiger partial charge >= 0.3 is 5.97 Å². The molecule has 0 spiro atoms. The third-order valence-electron chi connectivity index (χ3n) is 2.80. The molecule has 1 fully saturated rings. The molecule has 1 aromatic rings. The molecule has 1 aliphatic rings. The van der Waals surface area contributed by atoms with Gasteiger partial charge in [0.15, 0.2) is 0 Å². The van der Waals surface area contributed by atoms with Crippen LogP contribution in [0.15, 0.2) is 18.2 Å².